The van der Waals surface area contributed by atoms with Gasteiger partial charge in [-0.3, -0.25) is 4.79 Å². The Morgan fingerprint density at radius 2 is 2.57 bits per heavy atom. The first kappa shape index (κ1) is 8.55. The van der Waals surface area contributed by atoms with E-state index in [2.05, 4.69) is 15.3 Å². The van der Waals surface area contributed by atoms with Gasteiger partial charge >= 0.3 is 0 Å². The lowest BCUT2D eigenvalue weighted by Gasteiger charge is -1.99. The first-order valence-corrected chi connectivity index (χ1v) is 4.14. The summed E-state index contributed by atoms with van der Waals surface area (Å²) in [5, 5.41) is 2.72. The zero-order valence-corrected chi connectivity index (χ0v) is 7.36. The van der Waals surface area contributed by atoms with E-state index in [1.54, 1.807) is 18.6 Å². The third-order valence-corrected chi connectivity index (χ3v) is 1.78. The van der Waals surface area contributed by atoms with Crippen molar-refractivity contribution in [2.45, 2.75) is 6.54 Å². The van der Waals surface area contributed by atoms with Gasteiger partial charge in [0, 0.05) is 6.20 Å². The highest BCUT2D eigenvalue weighted by atomic mass is 16.3. The molecule has 0 aliphatic heterocycles. The fourth-order valence-electron chi connectivity index (χ4n) is 1.05. The second-order valence-corrected chi connectivity index (χ2v) is 2.77. The van der Waals surface area contributed by atoms with Crippen molar-refractivity contribution in [1.29, 1.82) is 0 Å². The minimum Gasteiger partial charge on any atom is -0.472 e. The van der Waals surface area contributed by atoms with Gasteiger partial charge in [0.15, 0.2) is 0 Å². The van der Waals surface area contributed by atoms with Gasteiger partial charge in [0.1, 0.15) is 6.26 Å². The molecule has 0 radical (unpaired) electrons. The Labute approximate surface area is 80.2 Å². The number of amides is 1. The van der Waals surface area contributed by atoms with Gasteiger partial charge in [-0.1, -0.05) is 0 Å². The smallest absolute Gasteiger partial charge is 0.254 e. The van der Waals surface area contributed by atoms with Crippen molar-refractivity contribution in [1.82, 2.24) is 15.3 Å². The Balaban J connectivity index is 1.90. The van der Waals surface area contributed by atoms with Crippen LogP contribution in [0.4, 0.5) is 0 Å². The van der Waals surface area contributed by atoms with E-state index in [1.165, 1.54) is 12.5 Å². The summed E-state index contributed by atoms with van der Waals surface area (Å²) in [5.74, 6) is -0.159. The number of furan rings is 1. The van der Waals surface area contributed by atoms with Gasteiger partial charge in [-0.25, -0.2) is 4.98 Å². The second-order valence-electron chi connectivity index (χ2n) is 2.77. The zero-order valence-electron chi connectivity index (χ0n) is 7.36. The Kier molecular flexibility index (Phi) is 2.31. The largest absolute Gasteiger partial charge is 0.472 e. The number of nitrogens with zero attached hydrogens (tertiary/aromatic N) is 1. The monoisotopic (exact) mass is 191 g/mol. The van der Waals surface area contributed by atoms with E-state index >= 15 is 0 Å². The van der Waals surface area contributed by atoms with Crippen LogP contribution in [0.2, 0.25) is 0 Å². The predicted octanol–water partition coefficient (Wildman–Crippen LogP) is 0.933. The zero-order chi connectivity index (χ0) is 9.80. The molecule has 1 amide bonds. The average Bonchev–Trinajstić information content (AvgIpc) is 2.87. The molecule has 0 bridgehead atoms. The van der Waals surface area contributed by atoms with Crippen LogP contribution in [0, 0.1) is 0 Å². The molecule has 5 nitrogen and oxygen atoms in total. The number of hydrogen-bond donors (Lipinski definition) is 2. The third-order valence-electron chi connectivity index (χ3n) is 1.78. The lowest BCUT2D eigenvalue weighted by molar-refractivity contribution is 0.0950. The molecule has 0 aromatic carbocycles. The van der Waals surface area contributed by atoms with E-state index in [-0.39, 0.29) is 5.91 Å². The van der Waals surface area contributed by atoms with Crippen molar-refractivity contribution in [3.8, 4) is 0 Å². The van der Waals surface area contributed by atoms with Crippen molar-refractivity contribution < 1.29 is 9.21 Å². The molecule has 0 fully saturated rings. The summed E-state index contributed by atoms with van der Waals surface area (Å²) < 4.78 is 4.79. The molecule has 0 unspecified atom stereocenters. The Bertz CT molecular complexity index is 392. The summed E-state index contributed by atoms with van der Waals surface area (Å²) in [7, 11) is 0. The van der Waals surface area contributed by atoms with Crippen LogP contribution in [0.15, 0.2) is 35.5 Å². The fraction of sp³-hybridized carbons (Fsp3) is 0.111. The van der Waals surface area contributed by atoms with Crippen LogP contribution in [0.3, 0.4) is 0 Å². The number of carbonyl (C=O) groups excluding carboxylic acids is 1. The normalized spacial score (nSPS) is 10.0. The van der Waals surface area contributed by atoms with E-state index in [0.29, 0.717) is 12.1 Å². The van der Waals surface area contributed by atoms with Gasteiger partial charge in [0.05, 0.1) is 30.4 Å². The molecule has 2 aromatic rings. The molecule has 2 heterocycles. The lowest BCUT2D eigenvalue weighted by atomic mass is 10.3. The molecule has 2 aromatic heterocycles. The molecule has 2 N–H and O–H groups in total. The summed E-state index contributed by atoms with van der Waals surface area (Å²) in [4.78, 5) is 18.1. The van der Waals surface area contributed by atoms with Gasteiger partial charge in [-0.2, -0.15) is 0 Å². The molecule has 0 saturated carbocycles. The molecule has 0 aliphatic rings. The summed E-state index contributed by atoms with van der Waals surface area (Å²) in [6.45, 7) is 0.435. The van der Waals surface area contributed by atoms with Crippen molar-refractivity contribution >= 4 is 5.91 Å². The number of imidazole rings is 1. The summed E-state index contributed by atoms with van der Waals surface area (Å²) in [6.07, 6.45) is 6.10. The highest BCUT2D eigenvalue weighted by Gasteiger charge is 2.05. The van der Waals surface area contributed by atoms with Crippen molar-refractivity contribution in [3.63, 3.8) is 0 Å². The van der Waals surface area contributed by atoms with Gasteiger partial charge < -0.3 is 14.7 Å². The van der Waals surface area contributed by atoms with E-state index in [0.717, 1.165) is 5.69 Å². The van der Waals surface area contributed by atoms with Crippen molar-refractivity contribution in [2.75, 3.05) is 0 Å². The Morgan fingerprint density at radius 3 is 3.21 bits per heavy atom. The topological polar surface area (TPSA) is 70.9 Å². The van der Waals surface area contributed by atoms with Crippen LogP contribution in [-0.4, -0.2) is 15.9 Å². The van der Waals surface area contributed by atoms with Crippen molar-refractivity contribution in [2.24, 2.45) is 0 Å². The van der Waals surface area contributed by atoms with Crippen LogP contribution in [-0.2, 0) is 6.54 Å². The highest BCUT2D eigenvalue weighted by molar-refractivity contribution is 5.93. The minimum absolute atomic E-state index is 0.159. The van der Waals surface area contributed by atoms with Gasteiger partial charge in [-0.05, 0) is 6.07 Å². The third kappa shape index (κ3) is 1.82. The molecule has 0 atom stereocenters. The Morgan fingerprint density at radius 1 is 1.64 bits per heavy atom. The SMILES string of the molecule is O=C(NCc1cnc[nH]1)c1ccoc1. The molecule has 0 saturated heterocycles. The summed E-state index contributed by atoms with van der Waals surface area (Å²) in [6, 6.07) is 1.61. The molecule has 0 aliphatic carbocycles. The maximum absolute atomic E-state index is 11.4. The first-order chi connectivity index (χ1) is 6.86. The number of aromatic amines is 1. The highest BCUT2D eigenvalue weighted by Crippen LogP contribution is 1.99. The molecular weight excluding hydrogens is 182 g/mol. The number of H-pyrrole nitrogens is 1. The fourth-order valence-corrected chi connectivity index (χ4v) is 1.05. The molecule has 5 heteroatoms. The van der Waals surface area contributed by atoms with Gasteiger partial charge in [0.2, 0.25) is 0 Å². The Hall–Kier alpha value is -2.04. The lowest BCUT2D eigenvalue weighted by Crippen LogP contribution is -2.22. The maximum Gasteiger partial charge on any atom is 0.254 e. The number of nitrogens with one attached hydrogen (secondary N) is 2. The number of rotatable bonds is 3. The number of carbonyl (C=O) groups is 1. The average molecular weight is 191 g/mol. The molecule has 14 heavy (non-hydrogen) atoms. The maximum atomic E-state index is 11.4. The van der Waals surface area contributed by atoms with Crippen LogP contribution in [0.25, 0.3) is 0 Å². The molecule has 2 rings (SSSR count). The van der Waals surface area contributed by atoms with Crippen molar-refractivity contribution in [3.05, 3.63) is 42.4 Å². The quantitative estimate of drug-likeness (QED) is 0.758. The van der Waals surface area contributed by atoms with Gasteiger partial charge in [0.25, 0.3) is 5.91 Å². The summed E-state index contributed by atoms with van der Waals surface area (Å²) >= 11 is 0. The number of hydrogen-bond acceptors (Lipinski definition) is 3. The number of aromatic nitrogens is 2. The van der Waals surface area contributed by atoms with Crippen LogP contribution in [0.1, 0.15) is 16.1 Å². The second kappa shape index (κ2) is 3.78. The summed E-state index contributed by atoms with van der Waals surface area (Å²) in [5.41, 5.74) is 1.38. The molecule has 0 spiro atoms. The van der Waals surface area contributed by atoms with Crippen LogP contribution >= 0.6 is 0 Å². The molecular formula is C9H9N3O2. The standard InChI is InChI=1S/C9H9N3O2/c13-9(7-1-2-14-5-7)11-4-8-3-10-6-12-8/h1-3,5-6H,4H2,(H,10,12)(H,11,13). The van der Waals surface area contributed by atoms with Crippen LogP contribution < -0.4 is 5.32 Å². The van der Waals surface area contributed by atoms with Crippen LogP contribution in [0.5, 0.6) is 0 Å². The van der Waals surface area contributed by atoms with E-state index in [1.807, 2.05) is 0 Å². The molecule has 72 valence electrons. The van der Waals surface area contributed by atoms with E-state index in [4.69, 9.17) is 4.42 Å². The predicted molar refractivity (Wildman–Crippen MR) is 48.5 cm³/mol. The first-order valence-electron chi connectivity index (χ1n) is 4.14. The van der Waals surface area contributed by atoms with E-state index in [9.17, 15) is 4.79 Å². The van der Waals surface area contributed by atoms with Gasteiger partial charge in [-0.15, -0.1) is 0 Å². The van der Waals surface area contributed by atoms with E-state index < -0.39 is 0 Å². The minimum atomic E-state index is -0.159.